The van der Waals surface area contributed by atoms with Gasteiger partial charge in [-0.3, -0.25) is 28.5 Å². The molecule has 0 spiro atoms. The molecule has 5 aromatic rings. The summed E-state index contributed by atoms with van der Waals surface area (Å²) in [5, 5.41) is 0. The minimum absolute atomic E-state index is 0.0265. The monoisotopic (exact) mass is 1240 g/mol. The van der Waals surface area contributed by atoms with E-state index in [-0.39, 0.29) is 65.9 Å². The lowest BCUT2D eigenvalue weighted by molar-refractivity contribution is -0.136. The number of benzene rings is 5. The number of ether oxygens (including phenoxy) is 4. The van der Waals surface area contributed by atoms with Crippen molar-refractivity contribution in [2.24, 2.45) is 0 Å². The van der Waals surface area contributed by atoms with Gasteiger partial charge in [0.25, 0.3) is 0 Å². The second-order valence-electron chi connectivity index (χ2n) is 26.7. The number of nitrogens with zero attached hydrogens (tertiary/aromatic N) is 8. The molecule has 18 heteroatoms. The lowest BCUT2D eigenvalue weighted by Gasteiger charge is -2.45. The van der Waals surface area contributed by atoms with Crippen LogP contribution in [0.2, 0.25) is 0 Å². The third kappa shape index (κ3) is 17.2. The summed E-state index contributed by atoms with van der Waals surface area (Å²) in [6.07, 6.45) is 1.62. The molecule has 0 saturated carbocycles. The van der Waals surface area contributed by atoms with Crippen molar-refractivity contribution in [2.45, 2.75) is 115 Å². The zero-order chi connectivity index (χ0) is 63.3. The van der Waals surface area contributed by atoms with Crippen LogP contribution in [0.25, 0.3) is 0 Å². The molecule has 480 valence electrons. The van der Waals surface area contributed by atoms with Gasteiger partial charge in [-0.2, -0.15) is 0 Å². The van der Waals surface area contributed by atoms with E-state index in [1.165, 1.54) is 11.1 Å². The van der Waals surface area contributed by atoms with Gasteiger partial charge in [0.15, 0.2) is 0 Å². The van der Waals surface area contributed by atoms with E-state index in [1.807, 2.05) is 150 Å². The third-order valence-electron chi connectivity index (χ3n) is 18.0. The van der Waals surface area contributed by atoms with E-state index < -0.39 is 20.3 Å². The lowest BCUT2D eigenvalue weighted by Crippen LogP contribution is -2.55. The molecule has 0 aromatic heterocycles. The summed E-state index contributed by atoms with van der Waals surface area (Å²) < 4.78 is 61.0. The Balaban J connectivity index is 0.000000229. The van der Waals surface area contributed by atoms with Gasteiger partial charge in [0, 0.05) is 102 Å². The van der Waals surface area contributed by atoms with Crippen LogP contribution >= 0.6 is 14.9 Å². The predicted molar refractivity (Wildman–Crippen MR) is 355 cm³/mol. The van der Waals surface area contributed by atoms with Crippen molar-refractivity contribution in [3.8, 4) is 0 Å². The second kappa shape index (κ2) is 30.9. The van der Waals surface area contributed by atoms with Gasteiger partial charge in [0.2, 0.25) is 26.7 Å². The predicted octanol–water partition coefficient (Wildman–Crippen LogP) is 11.1. The molecular formula is C70H102N8O8P2. The van der Waals surface area contributed by atoms with Gasteiger partial charge in [-0.1, -0.05) is 152 Å². The number of piperazine rings is 2. The summed E-state index contributed by atoms with van der Waals surface area (Å²) >= 11 is 0. The highest BCUT2D eigenvalue weighted by Crippen LogP contribution is 2.53. The Hall–Kier alpha value is -4.90. The third-order valence-corrected chi connectivity index (χ3v) is 24.1. The van der Waals surface area contributed by atoms with E-state index in [4.69, 9.17) is 18.9 Å². The molecule has 4 aliphatic heterocycles. The maximum absolute atomic E-state index is 15.0. The van der Waals surface area contributed by atoms with E-state index in [9.17, 15) is 18.7 Å². The van der Waals surface area contributed by atoms with Gasteiger partial charge in [-0.15, -0.1) is 0 Å². The zero-order valence-corrected chi connectivity index (χ0v) is 56.6. The number of morpholine rings is 2. The molecule has 88 heavy (non-hydrogen) atoms. The van der Waals surface area contributed by atoms with Gasteiger partial charge < -0.3 is 28.7 Å². The normalized spacial score (nSPS) is 22.0. The summed E-state index contributed by atoms with van der Waals surface area (Å²) in [4.78, 5) is 37.0. The Labute approximate surface area is 527 Å². The van der Waals surface area contributed by atoms with Crippen molar-refractivity contribution in [1.82, 2.24) is 38.3 Å². The fourth-order valence-electron chi connectivity index (χ4n) is 12.8. The Morgan fingerprint density at radius 3 is 1.16 bits per heavy atom. The van der Waals surface area contributed by atoms with E-state index >= 15 is 0 Å². The molecule has 16 nitrogen and oxygen atoms in total. The molecule has 9 rings (SSSR count). The van der Waals surface area contributed by atoms with E-state index in [2.05, 4.69) is 114 Å². The number of carbonyl (C=O) groups is 2. The first kappa shape index (κ1) is 69.0. The molecule has 5 aromatic carbocycles. The quantitative estimate of drug-likeness (QED) is 0.0510. The number of hydrogen-bond donors (Lipinski definition) is 0. The molecule has 4 aliphatic rings. The molecule has 4 saturated heterocycles. The topological polar surface area (TPSA) is 131 Å². The number of hydrogen-bond acceptors (Lipinski definition) is 10. The van der Waals surface area contributed by atoms with Crippen molar-refractivity contribution in [3.63, 3.8) is 0 Å². The second-order valence-corrected chi connectivity index (χ2v) is 32.6. The summed E-state index contributed by atoms with van der Waals surface area (Å²) in [6.45, 7) is 25.9. The summed E-state index contributed by atoms with van der Waals surface area (Å²) in [6, 6.07) is 51.0. The molecule has 0 radical (unpaired) electrons. The van der Waals surface area contributed by atoms with Gasteiger partial charge in [-0.05, 0) is 118 Å². The van der Waals surface area contributed by atoms with E-state index in [0.717, 1.165) is 49.3 Å². The molecule has 6 unspecified atom stereocenters. The Kier molecular flexibility index (Phi) is 24.3. The summed E-state index contributed by atoms with van der Waals surface area (Å²) in [7, 11) is 1.46. The van der Waals surface area contributed by atoms with Gasteiger partial charge in [0.1, 0.15) is 18.1 Å². The van der Waals surface area contributed by atoms with Crippen LogP contribution in [0.1, 0.15) is 102 Å². The molecule has 0 aliphatic carbocycles. The average molecular weight is 1250 g/mol. The van der Waals surface area contributed by atoms with Crippen LogP contribution in [0.3, 0.4) is 0 Å². The molecule has 0 bridgehead atoms. The van der Waals surface area contributed by atoms with Crippen LogP contribution < -0.4 is 0 Å². The fourth-order valence-corrected chi connectivity index (χ4v) is 16.9. The molecular weight excluding hydrogens is 1140 g/mol. The van der Waals surface area contributed by atoms with Crippen molar-refractivity contribution >= 4 is 26.7 Å². The van der Waals surface area contributed by atoms with Crippen LogP contribution in [0.15, 0.2) is 152 Å². The van der Waals surface area contributed by atoms with Crippen molar-refractivity contribution < 1.29 is 37.7 Å². The highest BCUT2D eigenvalue weighted by Gasteiger charge is 2.48. The number of carbonyl (C=O) groups excluding carboxylic acids is 2. The Bertz CT molecular complexity index is 2890. The SMILES string of the molecule is CC1CN(C(C)(C)C)CC(COCP(=O)(N(C)C)N2CCN(C(=O)C(c3ccccc3)(c3ccccc3)c3ccccc3)CC2)O1.CC1CN(C(C)(C)C)CC(COCP(=O)(N(C)C)N2CCN(C(=O)CCC(c3ccccc3)c3ccccc3)CC2)O1. The maximum atomic E-state index is 15.0. The minimum Gasteiger partial charge on any atom is -0.370 e. The highest BCUT2D eigenvalue weighted by atomic mass is 31.2. The lowest BCUT2D eigenvalue weighted by atomic mass is 9.68. The van der Waals surface area contributed by atoms with Gasteiger partial charge >= 0.3 is 0 Å². The Morgan fingerprint density at radius 1 is 0.500 bits per heavy atom. The van der Waals surface area contributed by atoms with Gasteiger partial charge in [0.05, 0.1) is 37.6 Å². The zero-order valence-electron chi connectivity index (χ0n) is 54.8. The fraction of sp³-hybridized carbons (Fsp3) is 0.543. The molecule has 0 N–H and O–H groups in total. The van der Waals surface area contributed by atoms with Gasteiger partial charge in [-0.25, -0.2) is 18.7 Å². The number of amides is 2. The molecule has 4 fully saturated rings. The standard InChI is InChI=1S/C37H51N4O4P.C33H51N4O4P/c1-30-26-40(36(2,3)4)27-34(45-30)28-44-29-46(43,38(5)6)41-24-22-39(23-25-41)35(42)37(31-16-10-7-11-17-31,32-18-12-8-13-19-32)33-20-14-9-15-21-33;1-27-23-36(33(2,3)4)24-30(41-27)25-40-26-42(39,34(5)6)37-21-19-35(20-22-37)32(38)18-17-31(28-13-9-7-10-14-28)29-15-11-8-12-16-29/h7-21,30,34H,22-29H2,1-6H3;7-16,27,30-31H,17-26H2,1-6H3. The molecule has 2 amide bonds. The van der Waals surface area contributed by atoms with Crippen LogP contribution in [0.5, 0.6) is 0 Å². The smallest absolute Gasteiger partial charge is 0.242 e. The Morgan fingerprint density at radius 2 is 0.830 bits per heavy atom. The van der Waals surface area contributed by atoms with Crippen molar-refractivity contribution in [1.29, 1.82) is 0 Å². The van der Waals surface area contributed by atoms with Crippen LogP contribution in [-0.2, 0) is 43.1 Å². The van der Waals surface area contributed by atoms with Crippen molar-refractivity contribution in [2.75, 3.05) is 133 Å². The average Bonchev–Trinajstić information content (AvgIpc) is 0.778. The first-order valence-corrected chi connectivity index (χ1v) is 35.4. The van der Waals surface area contributed by atoms with Crippen LogP contribution in [0.4, 0.5) is 0 Å². The van der Waals surface area contributed by atoms with E-state index in [0.29, 0.717) is 72.0 Å². The molecule has 4 heterocycles. The molecule has 6 atom stereocenters. The van der Waals surface area contributed by atoms with Crippen LogP contribution in [0, 0.1) is 0 Å². The first-order valence-electron chi connectivity index (χ1n) is 31.8. The number of rotatable bonds is 21. The van der Waals surface area contributed by atoms with Crippen LogP contribution in [-0.4, -0.2) is 218 Å². The highest BCUT2D eigenvalue weighted by molar-refractivity contribution is 7.59. The maximum Gasteiger partial charge on any atom is 0.242 e. The summed E-state index contributed by atoms with van der Waals surface area (Å²) in [5.41, 5.74) is 4.34. The summed E-state index contributed by atoms with van der Waals surface area (Å²) in [5.74, 6) is 0.364. The van der Waals surface area contributed by atoms with E-state index in [1.54, 1.807) is 9.34 Å². The minimum atomic E-state index is -3.03. The largest absolute Gasteiger partial charge is 0.370 e. The van der Waals surface area contributed by atoms with Crippen molar-refractivity contribution in [3.05, 3.63) is 179 Å². The first-order chi connectivity index (χ1) is 41.9.